The number of alkyl halides is 1. The van der Waals surface area contributed by atoms with E-state index in [1.54, 1.807) is 0 Å². The first kappa shape index (κ1) is 14.1. The molecule has 0 N–H and O–H groups in total. The Morgan fingerprint density at radius 2 is 1.86 bits per heavy atom. The molecule has 21 heavy (non-hydrogen) atoms. The zero-order valence-electron chi connectivity index (χ0n) is 12.5. The topological polar surface area (TPSA) is 30.7 Å². The van der Waals surface area contributed by atoms with Gasteiger partial charge in [-0.15, -0.1) is 11.6 Å². The average molecular weight is 300 g/mol. The summed E-state index contributed by atoms with van der Waals surface area (Å²) in [5, 5.41) is 0. The van der Waals surface area contributed by atoms with Crippen molar-refractivity contribution in [3.63, 3.8) is 0 Å². The summed E-state index contributed by atoms with van der Waals surface area (Å²) in [6.45, 7) is 6.30. The minimum atomic E-state index is 0.152. The maximum absolute atomic E-state index is 6.10. The minimum Gasteiger partial charge on any atom is -0.304 e. The first-order valence-electron chi connectivity index (χ1n) is 7.06. The molecule has 0 radical (unpaired) electrons. The predicted octanol–water partition coefficient (Wildman–Crippen LogP) is 4.40. The third-order valence-corrected chi connectivity index (χ3v) is 4.16. The van der Waals surface area contributed by atoms with Crippen molar-refractivity contribution in [2.45, 2.75) is 32.7 Å². The van der Waals surface area contributed by atoms with E-state index in [1.165, 1.54) is 11.1 Å². The highest BCUT2D eigenvalue weighted by molar-refractivity contribution is 6.16. The summed E-state index contributed by atoms with van der Waals surface area (Å²) in [4.78, 5) is 9.18. The number of halogens is 1. The van der Waals surface area contributed by atoms with Crippen LogP contribution in [-0.4, -0.2) is 14.5 Å². The van der Waals surface area contributed by atoms with E-state index in [1.807, 2.05) is 12.3 Å². The van der Waals surface area contributed by atoms with Gasteiger partial charge in [-0.3, -0.25) is 0 Å². The Balaban J connectivity index is 2.18. The Labute approximate surface area is 129 Å². The third kappa shape index (κ3) is 2.42. The lowest BCUT2D eigenvalue weighted by Crippen LogP contribution is -2.10. The van der Waals surface area contributed by atoms with Crippen LogP contribution in [0.3, 0.4) is 0 Å². The molecule has 1 aromatic carbocycles. The van der Waals surface area contributed by atoms with Crippen LogP contribution >= 0.6 is 11.6 Å². The second-order valence-electron chi connectivity index (χ2n) is 5.42. The zero-order chi connectivity index (χ0) is 15.0. The summed E-state index contributed by atoms with van der Waals surface area (Å²) in [5.41, 5.74) is 5.45. The smallest absolute Gasteiger partial charge is 0.160 e. The first-order valence-corrected chi connectivity index (χ1v) is 7.60. The zero-order valence-corrected chi connectivity index (χ0v) is 13.2. The van der Waals surface area contributed by atoms with Crippen molar-refractivity contribution < 1.29 is 0 Å². The van der Waals surface area contributed by atoms with Gasteiger partial charge in [0, 0.05) is 6.20 Å². The number of aromatic nitrogens is 3. The molecule has 2 heterocycles. The number of hydrogen-bond donors (Lipinski definition) is 0. The van der Waals surface area contributed by atoms with Gasteiger partial charge in [0.05, 0.1) is 11.9 Å². The number of pyridine rings is 1. The monoisotopic (exact) mass is 299 g/mol. The number of benzene rings is 1. The Morgan fingerprint density at radius 1 is 1.14 bits per heavy atom. The van der Waals surface area contributed by atoms with Crippen molar-refractivity contribution in [3.05, 3.63) is 59.0 Å². The highest BCUT2D eigenvalue weighted by Crippen LogP contribution is 2.27. The van der Waals surface area contributed by atoms with Crippen LogP contribution in [0.1, 0.15) is 35.5 Å². The van der Waals surface area contributed by atoms with Crippen molar-refractivity contribution in [2.24, 2.45) is 0 Å². The number of fused-ring (bicyclic) bond motifs is 1. The molecule has 3 rings (SSSR count). The average Bonchev–Trinajstić information content (AvgIpc) is 2.87. The summed E-state index contributed by atoms with van der Waals surface area (Å²) < 4.78 is 2.14. The Morgan fingerprint density at radius 3 is 2.52 bits per heavy atom. The van der Waals surface area contributed by atoms with E-state index in [2.05, 4.69) is 59.6 Å². The third-order valence-electron chi connectivity index (χ3n) is 3.92. The van der Waals surface area contributed by atoms with Gasteiger partial charge >= 0.3 is 0 Å². The Hall–Kier alpha value is -1.87. The van der Waals surface area contributed by atoms with Crippen molar-refractivity contribution >= 4 is 22.8 Å². The number of hydrogen-bond acceptors (Lipinski definition) is 2. The van der Waals surface area contributed by atoms with E-state index in [0.29, 0.717) is 5.88 Å². The molecule has 0 spiro atoms. The molecular formula is C17H18ClN3. The molecular weight excluding hydrogens is 282 g/mol. The lowest BCUT2D eigenvalue weighted by atomic mass is 10.1. The molecule has 0 aliphatic heterocycles. The quantitative estimate of drug-likeness (QED) is 0.671. The van der Waals surface area contributed by atoms with Gasteiger partial charge in [-0.25, -0.2) is 9.97 Å². The molecule has 3 aromatic rings. The lowest BCUT2D eigenvalue weighted by Gasteiger charge is -2.17. The van der Waals surface area contributed by atoms with Gasteiger partial charge in [0.15, 0.2) is 5.65 Å². The second-order valence-corrected chi connectivity index (χ2v) is 5.69. The van der Waals surface area contributed by atoms with Crippen molar-refractivity contribution in [3.8, 4) is 0 Å². The standard InChI is InChI=1S/C17H18ClN3/c1-11-4-6-14(7-5-11)13(3)21-15(10-18)20-16-12(2)8-9-19-17(16)21/h4-9,13H,10H2,1-3H3. The van der Waals surface area contributed by atoms with Crippen molar-refractivity contribution in [1.82, 2.24) is 14.5 Å². The van der Waals surface area contributed by atoms with Crippen LogP contribution in [0.5, 0.6) is 0 Å². The van der Waals surface area contributed by atoms with Crippen molar-refractivity contribution in [2.75, 3.05) is 0 Å². The van der Waals surface area contributed by atoms with Gasteiger partial charge in [-0.1, -0.05) is 29.8 Å². The molecule has 0 bridgehead atoms. The second kappa shape index (κ2) is 5.49. The lowest BCUT2D eigenvalue weighted by molar-refractivity contribution is 0.629. The number of rotatable bonds is 3. The largest absolute Gasteiger partial charge is 0.304 e. The van der Waals surface area contributed by atoms with E-state index < -0.39 is 0 Å². The van der Waals surface area contributed by atoms with Crippen LogP contribution in [0, 0.1) is 13.8 Å². The van der Waals surface area contributed by atoms with Gasteiger partial charge < -0.3 is 4.57 Å². The number of nitrogens with zero attached hydrogens (tertiary/aromatic N) is 3. The van der Waals surface area contributed by atoms with E-state index >= 15 is 0 Å². The Bertz CT molecular complexity index is 775. The van der Waals surface area contributed by atoms with Gasteiger partial charge in [0.2, 0.25) is 0 Å². The molecule has 0 saturated carbocycles. The normalized spacial score (nSPS) is 12.8. The summed E-state index contributed by atoms with van der Waals surface area (Å²) >= 11 is 6.10. The summed E-state index contributed by atoms with van der Waals surface area (Å²) in [6, 6.07) is 10.7. The molecule has 0 aliphatic carbocycles. The fraction of sp³-hybridized carbons (Fsp3) is 0.294. The first-order chi connectivity index (χ1) is 10.1. The molecule has 0 saturated heterocycles. The van der Waals surface area contributed by atoms with Crippen LogP contribution in [-0.2, 0) is 5.88 Å². The van der Waals surface area contributed by atoms with Gasteiger partial charge in [-0.05, 0) is 38.0 Å². The maximum Gasteiger partial charge on any atom is 0.160 e. The van der Waals surface area contributed by atoms with Crippen molar-refractivity contribution in [1.29, 1.82) is 0 Å². The van der Waals surface area contributed by atoms with Crippen LogP contribution in [0.15, 0.2) is 36.5 Å². The van der Waals surface area contributed by atoms with E-state index in [0.717, 1.165) is 22.6 Å². The number of imidazole rings is 1. The molecule has 108 valence electrons. The fourth-order valence-electron chi connectivity index (χ4n) is 2.65. The summed E-state index contributed by atoms with van der Waals surface area (Å²) in [7, 11) is 0. The molecule has 1 atom stereocenters. The molecule has 3 nitrogen and oxygen atoms in total. The fourth-order valence-corrected chi connectivity index (χ4v) is 2.84. The summed E-state index contributed by atoms with van der Waals surface area (Å²) in [6.07, 6.45) is 1.83. The molecule has 2 aromatic heterocycles. The predicted molar refractivity (Wildman–Crippen MR) is 86.8 cm³/mol. The van der Waals surface area contributed by atoms with Crippen LogP contribution in [0.25, 0.3) is 11.2 Å². The Kier molecular flexibility index (Phi) is 3.68. The van der Waals surface area contributed by atoms with Gasteiger partial charge in [0.25, 0.3) is 0 Å². The van der Waals surface area contributed by atoms with Crippen LogP contribution in [0.4, 0.5) is 0 Å². The molecule has 1 unspecified atom stereocenters. The maximum atomic E-state index is 6.10. The molecule has 0 fully saturated rings. The van der Waals surface area contributed by atoms with E-state index in [4.69, 9.17) is 11.6 Å². The molecule has 4 heteroatoms. The van der Waals surface area contributed by atoms with E-state index in [9.17, 15) is 0 Å². The van der Waals surface area contributed by atoms with Crippen LogP contribution < -0.4 is 0 Å². The van der Waals surface area contributed by atoms with Crippen LogP contribution in [0.2, 0.25) is 0 Å². The highest BCUT2D eigenvalue weighted by Gasteiger charge is 2.18. The summed E-state index contributed by atoms with van der Waals surface area (Å²) in [5.74, 6) is 1.24. The number of aryl methyl sites for hydroxylation is 2. The highest BCUT2D eigenvalue weighted by atomic mass is 35.5. The van der Waals surface area contributed by atoms with Gasteiger partial charge in [-0.2, -0.15) is 0 Å². The minimum absolute atomic E-state index is 0.152. The SMILES string of the molecule is Cc1ccc(C(C)n2c(CCl)nc3c(C)ccnc32)cc1. The molecule has 0 aliphatic rings. The van der Waals surface area contributed by atoms with Gasteiger partial charge in [0.1, 0.15) is 11.3 Å². The van der Waals surface area contributed by atoms with E-state index in [-0.39, 0.29) is 6.04 Å². The molecule has 0 amide bonds.